The Bertz CT molecular complexity index is 610. The van der Waals surface area contributed by atoms with Crippen molar-refractivity contribution in [3.05, 3.63) is 5.82 Å². The highest BCUT2D eigenvalue weighted by Crippen LogP contribution is 2.43. The van der Waals surface area contributed by atoms with E-state index in [1.807, 2.05) is 7.05 Å². The van der Waals surface area contributed by atoms with E-state index in [2.05, 4.69) is 43.6 Å². The first kappa shape index (κ1) is 20.5. The number of nitrogens with one attached hydrogen (secondary N) is 2. The van der Waals surface area contributed by atoms with Crippen molar-refractivity contribution in [1.82, 2.24) is 25.4 Å². The van der Waals surface area contributed by atoms with Gasteiger partial charge in [0.05, 0.1) is 0 Å². The fourth-order valence-corrected chi connectivity index (χ4v) is 5.00. The molecule has 27 heavy (non-hydrogen) atoms. The second-order valence-electron chi connectivity index (χ2n) is 8.07. The first-order chi connectivity index (χ1) is 13.2. The molecule has 0 aliphatic heterocycles. The van der Waals surface area contributed by atoms with E-state index in [0.717, 1.165) is 42.9 Å². The van der Waals surface area contributed by atoms with E-state index in [9.17, 15) is 0 Å². The lowest BCUT2D eigenvalue weighted by molar-refractivity contribution is 0.131. The molecule has 0 bridgehead atoms. The zero-order valence-corrected chi connectivity index (χ0v) is 18.1. The second kappa shape index (κ2) is 9.80. The van der Waals surface area contributed by atoms with Crippen LogP contribution < -0.4 is 10.6 Å². The molecule has 0 saturated heterocycles. The average molecular weight is 393 g/mol. The van der Waals surface area contributed by atoms with Gasteiger partial charge in [0.1, 0.15) is 5.82 Å². The number of aromatic nitrogens is 3. The molecule has 0 spiro atoms. The lowest BCUT2D eigenvalue weighted by Gasteiger charge is -2.41. The molecule has 0 unspecified atom stereocenters. The molecule has 2 N–H and O–H groups in total. The molecule has 1 aromatic heterocycles. The summed E-state index contributed by atoms with van der Waals surface area (Å²) in [6.07, 6.45) is 14.6. The van der Waals surface area contributed by atoms with Crippen molar-refractivity contribution in [2.45, 2.75) is 82.3 Å². The molecule has 1 aromatic rings. The van der Waals surface area contributed by atoms with Crippen molar-refractivity contribution in [3.8, 4) is 0 Å². The maximum absolute atomic E-state index is 4.49. The minimum Gasteiger partial charge on any atom is -0.356 e. The molecule has 7 heteroatoms. The van der Waals surface area contributed by atoms with Gasteiger partial charge in [-0.05, 0) is 50.2 Å². The molecule has 2 aliphatic carbocycles. The number of rotatable bonds is 9. The highest BCUT2D eigenvalue weighted by Gasteiger charge is 2.34. The summed E-state index contributed by atoms with van der Waals surface area (Å²) < 4.78 is 2.41. The summed E-state index contributed by atoms with van der Waals surface area (Å²) in [6.45, 7) is 4.25. The van der Waals surface area contributed by atoms with Crippen LogP contribution in [0.2, 0.25) is 0 Å². The van der Waals surface area contributed by atoms with E-state index in [1.165, 1.54) is 51.4 Å². The van der Waals surface area contributed by atoms with Crippen molar-refractivity contribution >= 4 is 17.7 Å². The molecule has 3 rings (SSSR count). The van der Waals surface area contributed by atoms with Gasteiger partial charge in [-0.15, -0.1) is 10.2 Å². The fraction of sp³-hybridized carbons (Fsp3) is 0.850. The van der Waals surface area contributed by atoms with Crippen LogP contribution in [-0.4, -0.2) is 47.1 Å². The zero-order valence-electron chi connectivity index (χ0n) is 17.3. The molecular formula is C20H36N6S. The van der Waals surface area contributed by atoms with Gasteiger partial charge in [-0.2, -0.15) is 0 Å². The van der Waals surface area contributed by atoms with Crippen molar-refractivity contribution in [2.75, 3.05) is 26.4 Å². The van der Waals surface area contributed by atoms with Gasteiger partial charge in [0.15, 0.2) is 11.1 Å². The van der Waals surface area contributed by atoms with Crippen molar-refractivity contribution in [2.24, 2.45) is 10.4 Å². The number of guanidine groups is 1. The lowest BCUT2D eigenvalue weighted by Crippen LogP contribution is -2.46. The van der Waals surface area contributed by atoms with Crippen LogP contribution in [0.1, 0.15) is 76.6 Å². The summed E-state index contributed by atoms with van der Waals surface area (Å²) in [6, 6.07) is 0.604. The third-order valence-corrected chi connectivity index (χ3v) is 7.14. The van der Waals surface area contributed by atoms with Gasteiger partial charge >= 0.3 is 0 Å². The van der Waals surface area contributed by atoms with Crippen LogP contribution in [0.15, 0.2) is 10.1 Å². The SMILES string of the molecule is CCC1(CNC(=NC)NCCCc2nnc(SC)n2C2CCCC2)CCC1. The highest BCUT2D eigenvalue weighted by molar-refractivity contribution is 7.98. The van der Waals surface area contributed by atoms with Gasteiger partial charge in [-0.3, -0.25) is 4.99 Å². The Morgan fingerprint density at radius 3 is 2.59 bits per heavy atom. The Hall–Kier alpha value is -1.24. The molecule has 152 valence electrons. The minimum atomic E-state index is 0.504. The van der Waals surface area contributed by atoms with Gasteiger partial charge in [0.2, 0.25) is 0 Å². The van der Waals surface area contributed by atoms with E-state index in [0.29, 0.717) is 11.5 Å². The van der Waals surface area contributed by atoms with Crippen molar-refractivity contribution in [3.63, 3.8) is 0 Å². The molecular weight excluding hydrogens is 356 g/mol. The topological polar surface area (TPSA) is 67.1 Å². The number of aliphatic imine (C=N–C) groups is 1. The molecule has 0 aromatic carbocycles. The normalized spacial score (nSPS) is 19.9. The quantitative estimate of drug-likeness (QED) is 0.290. The summed E-state index contributed by atoms with van der Waals surface area (Å²) in [5, 5.41) is 17.0. The van der Waals surface area contributed by atoms with Crippen LogP contribution in [0, 0.1) is 5.41 Å². The standard InChI is InChI=1S/C20H36N6S/c1-4-20(12-8-13-20)15-23-18(21-2)22-14-7-11-17-24-25-19(27-3)26(17)16-9-5-6-10-16/h16H,4-15H2,1-3H3,(H2,21,22,23). The molecule has 2 saturated carbocycles. The van der Waals surface area contributed by atoms with Crippen molar-refractivity contribution in [1.29, 1.82) is 0 Å². The number of thioether (sulfide) groups is 1. The third kappa shape index (κ3) is 4.98. The number of hydrogen-bond donors (Lipinski definition) is 2. The predicted octanol–water partition coefficient (Wildman–Crippen LogP) is 3.79. The predicted molar refractivity (Wildman–Crippen MR) is 114 cm³/mol. The third-order valence-electron chi connectivity index (χ3n) is 6.50. The first-order valence-electron chi connectivity index (χ1n) is 10.6. The molecule has 0 atom stereocenters. The molecule has 6 nitrogen and oxygen atoms in total. The monoisotopic (exact) mass is 392 g/mol. The van der Waals surface area contributed by atoms with Crippen LogP contribution >= 0.6 is 11.8 Å². The Kier molecular flexibility index (Phi) is 7.44. The second-order valence-corrected chi connectivity index (χ2v) is 8.85. The largest absolute Gasteiger partial charge is 0.356 e. The number of aryl methyl sites for hydroxylation is 1. The van der Waals surface area contributed by atoms with Gasteiger partial charge in [0.25, 0.3) is 0 Å². The smallest absolute Gasteiger partial charge is 0.191 e. The van der Waals surface area contributed by atoms with Crippen molar-refractivity contribution < 1.29 is 0 Å². The van der Waals surface area contributed by atoms with E-state index < -0.39 is 0 Å². The summed E-state index contributed by atoms with van der Waals surface area (Å²) in [5.41, 5.74) is 0.504. The highest BCUT2D eigenvalue weighted by atomic mass is 32.2. The maximum Gasteiger partial charge on any atom is 0.191 e. The van der Waals surface area contributed by atoms with Gasteiger partial charge in [-0.1, -0.05) is 37.9 Å². The fourth-order valence-electron chi connectivity index (χ4n) is 4.42. The zero-order chi connectivity index (χ0) is 19.1. The number of nitrogens with zero attached hydrogens (tertiary/aromatic N) is 4. The summed E-state index contributed by atoms with van der Waals surface area (Å²) in [4.78, 5) is 4.38. The van der Waals surface area contributed by atoms with Crippen LogP contribution in [-0.2, 0) is 6.42 Å². The average Bonchev–Trinajstić information content (AvgIpc) is 3.31. The van der Waals surface area contributed by atoms with Crippen LogP contribution in [0.5, 0.6) is 0 Å². The molecule has 2 fully saturated rings. The van der Waals surface area contributed by atoms with Crippen LogP contribution in [0.4, 0.5) is 0 Å². The van der Waals surface area contributed by atoms with E-state index >= 15 is 0 Å². The Morgan fingerprint density at radius 2 is 2.00 bits per heavy atom. The number of hydrogen-bond acceptors (Lipinski definition) is 4. The van der Waals surface area contributed by atoms with Crippen LogP contribution in [0.3, 0.4) is 0 Å². The molecule has 2 aliphatic rings. The van der Waals surface area contributed by atoms with E-state index in [1.54, 1.807) is 11.8 Å². The van der Waals surface area contributed by atoms with E-state index in [-0.39, 0.29) is 0 Å². The molecule has 0 radical (unpaired) electrons. The van der Waals surface area contributed by atoms with Gasteiger partial charge < -0.3 is 15.2 Å². The van der Waals surface area contributed by atoms with Gasteiger partial charge in [0, 0.05) is 32.6 Å². The lowest BCUT2D eigenvalue weighted by atomic mass is 9.67. The molecule has 0 amide bonds. The van der Waals surface area contributed by atoms with Gasteiger partial charge in [-0.25, -0.2) is 0 Å². The van der Waals surface area contributed by atoms with Crippen LogP contribution in [0.25, 0.3) is 0 Å². The molecule has 1 heterocycles. The first-order valence-corrected chi connectivity index (χ1v) is 11.9. The van der Waals surface area contributed by atoms with E-state index in [4.69, 9.17) is 0 Å². The summed E-state index contributed by atoms with van der Waals surface area (Å²) >= 11 is 1.71. The Labute approximate surface area is 168 Å². The summed E-state index contributed by atoms with van der Waals surface area (Å²) in [7, 11) is 1.86. The summed E-state index contributed by atoms with van der Waals surface area (Å²) in [5.74, 6) is 2.08. The Balaban J connectivity index is 1.45. The Morgan fingerprint density at radius 1 is 1.22 bits per heavy atom. The minimum absolute atomic E-state index is 0.504. The maximum atomic E-state index is 4.49.